The highest BCUT2D eigenvalue weighted by Gasteiger charge is 2.54. The first-order valence-corrected chi connectivity index (χ1v) is 12.7. The molecule has 0 aromatic heterocycles. The van der Waals surface area contributed by atoms with E-state index in [-0.39, 0.29) is 11.3 Å². The average Bonchev–Trinajstić information content (AvgIpc) is 3.11. The fraction of sp³-hybridized carbons (Fsp3) is 0.692. The Balaban J connectivity index is 1.40. The summed E-state index contributed by atoms with van der Waals surface area (Å²) in [5, 5.41) is 20.1. The molecular formula is C26H36BNO4. The lowest BCUT2D eigenvalue weighted by atomic mass is 9.55. The van der Waals surface area contributed by atoms with E-state index in [0.717, 1.165) is 70.0 Å². The van der Waals surface area contributed by atoms with Crippen LogP contribution in [0.3, 0.4) is 0 Å². The van der Waals surface area contributed by atoms with Crippen LogP contribution in [0.15, 0.2) is 12.1 Å². The molecule has 6 heteroatoms. The fourth-order valence-electron chi connectivity index (χ4n) is 7.46. The van der Waals surface area contributed by atoms with E-state index in [1.807, 2.05) is 11.0 Å². The van der Waals surface area contributed by atoms with Crippen LogP contribution in [-0.2, 0) is 22.4 Å². The van der Waals surface area contributed by atoms with Crippen molar-refractivity contribution in [2.75, 3.05) is 13.1 Å². The predicted molar refractivity (Wildman–Crippen MR) is 125 cm³/mol. The van der Waals surface area contributed by atoms with Gasteiger partial charge >= 0.3 is 7.12 Å². The number of aryl methyl sites for hydroxylation is 2. The molecule has 4 aliphatic rings. The second kappa shape index (κ2) is 8.60. The van der Waals surface area contributed by atoms with Crippen LogP contribution in [0.25, 0.3) is 0 Å². The molecule has 1 heterocycles. The van der Waals surface area contributed by atoms with Gasteiger partial charge < -0.3 is 14.9 Å². The fourth-order valence-corrected chi connectivity index (χ4v) is 7.46. The molecule has 172 valence electrons. The zero-order valence-corrected chi connectivity index (χ0v) is 19.3. The third-order valence-corrected chi connectivity index (χ3v) is 9.29. The van der Waals surface area contributed by atoms with E-state index in [4.69, 9.17) is 0 Å². The molecule has 0 spiro atoms. The summed E-state index contributed by atoms with van der Waals surface area (Å²) in [5.74, 6) is 2.11. The summed E-state index contributed by atoms with van der Waals surface area (Å²) in [6, 6.07) is 4.17. The van der Waals surface area contributed by atoms with Crippen molar-refractivity contribution in [3.05, 3.63) is 28.8 Å². The van der Waals surface area contributed by atoms with Crippen molar-refractivity contribution in [1.82, 2.24) is 4.90 Å². The van der Waals surface area contributed by atoms with Gasteiger partial charge in [-0.05, 0) is 97.7 Å². The second-order valence-electron chi connectivity index (χ2n) is 10.9. The van der Waals surface area contributed by atoms with Gasteiger partial charge in [-0.2, -0.15) is 0 Å². The normalized spacial score (nSPS) is 31.7. The van der Waals surface area contributed by atoms with Gasteiger partial charge in [0, 0.05) is 31.3 Å². The van der Waals surface area contributed by atoms with E-state index < -0.39 is 7.12 Å². The monoisotopic (exact) mass is 437 g/mol. The molecule has 1 saturated heterocycles. The van der Waals surface area contributed by atoms with Crippen LogP contribution in [0.2, 0.25) is 0 Å². The number of carbonyl (C=O) groups excluding carboxylic acids is 2. The number of likely N-dealkylation sites (tertiary alicyclic amines) is 1. The molecule has 4 atom stereocenters. The molecule has 1 aliphatic heterocycles. The molecule has 32 heavy (non-hydrogen) atoms. The predicted octanol–water partition coefficient (Wildman–Crippen LogP) is 2.74. The highest BCUT2D eigenvalue weighted by Crippen LogP contribution is 2.59. The minimum absolute atomic E-state index is 0.135. The summed E-state index contributed by atoms with van der Waals surface area (Å²) < 4.78 is 0. The van der Waals surface area contributed by atoms with E-state index in [2.05, 4.69) is 13.0 Å². The van der Waals surface area contributed by atoms with Crippen molar-refractivity contribution < 1.29 is 19.6 Å². The quantitative estimate of drug-likeness (QED) is 0.711. The summed E-state index contributed by atoms with van der Waals surface area (Å²) in [4.78, 5) is 27.3. The van der Waals surface area contributed by atoms with Crippen LogP contribution in [0, 0.1) is 17.3 Å². The van der Waals surface area contributed by atoms with Gasteiger partial charge in [-0.3, -0.25) is 9.59 Å². The molecule has 2 N–H and O–H groups in total. The van der Waals surface area contributed by atoms with Crippen LogP contribution in [0.4, 0.5) is 0 Å². The number of fused-ring (bicyclic) bond motifs is 5. The number of carbonyl (C=O) groups is 2. The van der Waals surface area contributed by atoms with Gasteiger partial charge in [-0.25, -0.2) is 0 Å². The number of hydrogen-bond acceptors (Lipinski definition) is 4. The smallest absolute Gasteiger partial charge is 0.423 e. The number of Topliss-reactive ketones (excluding diaryl/α,β-unsaturated/α-hetero) is 1. The molecule has 0 unspecified atom stereocenters. The summed E-state index contributed by atoms with van der Waals surface area (Å²) in [7, 11) is -1.51. The highest BCUT2D eigenvalue weighted by atomic mass is 16.4. The van der Waals surface area contributed by atoms with Crippen LogP contribution in [-0.4, -0.2) is 46.8 Å². The van der Waals surface area contributed by atoms with Crippen LogP contribution >= 0.6 is 0 Å². The lowest BCUT2D eigenvalue weighted by molar-refractivity contribution is -0.132. The first-order chi connectivity index (χ1) is 15.4. The first kappa shape index (κ1) is 22.2. The number of benzene rings is 1. The molecule has 3 fully saturated rings. The van der Waals surface area contributed by atoms with Gasteiger partial charge in [0.25, 0.3) is 0 Å². The number of hydrogen-bond donors (Lipinski definition) is 2. The van der Waals surface area contributed by atoms with Crippen molar-refractivity contribution >= 4 is 24.3 Å². The van der Waals surface area contributed by atoms with Gasteiger partial charge in [0.1, 0.15) is 5.78 Å². The molecule has 5 nitrogen and oxygen atoms in total. The summed E-state index contributed by atoms with van der Waals surface area (Å²) >= 11 is 0. The molecule has 0 radical (unpaired) electrons. The molecule has 3 aliphatic carbocycles. The average molecular weight is 437 g/mol. The Hall–Kier alpha value is -1.66. The number of nitrogens with zero attached hydrogens (tertiary/aromatic N) is 1. The molecule has 1 aromatic carbocycles. The number of rotatable bonds is 4. The molecule has 2 saturated carbocycles. The Labute approximate surface area is 191 Å². The van der Waals surface area contributed by atoms with Crippen molar-refractivity contribution in [3.8, 4) is 0 Å². The maximum atomic E-state index is 12.7. The minimum Gasteiger partial charge on any atom is -0.423 e. The minimum atomic E-state index is -1.51. The molecule has 5 rings (SSSR count). The van der Waals surface area contributed by atoms with E-state index in [9.17, 15) is 19.6 Å². The standard InChI is InChI=1S/C26H36BNO4/c1-26-12-11-19-20(22(26)8-9-24(26)29)7-5-17-16-23(27(31)32)18(15-21(17)19)6-10-25(30)28-13-3-2-4-14-28/h15-16,19-20,22,31-32H,2-14H2,1H3/t19-,20+,22-,26-/m0/s1. The van der Waals surface area contributed by atoms with Gasteiger partial charge in [-0.1, -0.05) is 19.1 Å². The van der Waals surface area contributed by atoms with Gasteiger partial charge in [-0.15, -0.1) is 0 Å². The van der Waals surface area contributed by atoms with Crippen LogP contribution in [0.5, 0.6) is 0 Å². The van der Waals surface area contributed by atoms with E-state index in [0.29, 0.717) is 41.8 Å². The molecule has 1 amide bonds. The topological polar surface area (TPSA) is 77.8 Å². The molecule has 1 aromatic rings. The van der Waals surface area contributed by atoms with E-state index in [1.165, 1.54) is 17.5 Å². The zero-order valence-electron chi connectivity index (χ0n) is 19.3. The van der Waals surface area contributed by atoms with Crippen LogP contribution in [0.1, 0.15) is 87.3 Å². The Morgan fingerprint density at radius 1 is 1.12 bits per heavy atom. The third kappa shape index (κ3) is 3.73. The van der Waals surface area contributed by atoms with E-state index in [1.54, 1.807) is 0 Å². The number of piperidine rings is 1. The Morgan fingerprint density at radius 2 is 1.91 bits per heavy atom. The first-order valence-electron chi connectivity index (χ1n) is 12.7. The largest absolute Gasteiger partial charge is 0.488 e. The molecule has 0 bridgehead atoms. The lowest BCUT2D eigenvalue weighted by Crippen LogP contribution is -2.43. The van der Waals surface area contributed by atoms with Gasteiger partial charge in [0.15, 0.2) is 0 Å². The summed E-state index contributed by atoms with van der Waals surface area (Å²) in [6.07, 6.45) is 10.1. The summed E-state index contributed by atoms with van der Waals surface area (Å²) in [6.45, 7) is 3.89. The Bertz CT molecular complexity index is 909. The number of amides is 1. The van der Waals surface area contributed by atoms with E-state index >= 15 is 0 Å². The maximum absolute atomic E-state index is 12.7. The lowest BCUT2D eigenvalue weighted by Gasteiger charge is -2.48. The maximum Gasteiger partial charge on any atom is 0.488 e. The summed E-state index contributed by atoms with van der Waals surface area (Å²) in [5.41, 5.74) is 3.90. The highest BCUT2D eigenvalue weighted by molar-refractivity contribution is 6.59. The number of ketones is 1. The third-order valence-electron chi connectivity index (χ3n) is 9.29. The Kier molecular flexibility index (Phi) is 5.96. The van der Waals surface area contributed by atoms with Crippen LogP contribution < -0.4 is 5.46 Å². The van der Waals surface area contributed by atoms with Gasteiger partial charge in [0.2, 0.25) is 5.91 Å². The van der Waals surface area contributed by atoms with Crippen molar-refractivity contribution in [2.24, 2.45) is 17.3 Å². The SMILES string of the molecule is C[C@]12CC[C@@H]3c4cc(CCC(=O)N5CCCCC5)c(B(O)O)cc4CC[C@H]3[C@@H]1CCC2=O. The van der Waals surface area contributed by atoms with Gasteiger partial charge in [0.05, 0.1) is 0 Å². The van der Waals surface area contributed by atoms with Crippen molar-refractivity contribution in [1.29, 1.82) is 0 Å². The molecular weight excluding hydrogens is 401 g/mol. The van der Waals surface area contributed by atoms with Crippen molar-refractivity contribution in [2.45, 2.75) is 83.5 Å². The van der Waals surface area contributed by atoms with Crippen molar-refractivity contribution in [3.63, 3.8) is 0 Å². The second-order valence-corrected chi connectivity index (χ2v) is 10.9. The zero-order chi connectivity index (χ0) is 22.5. The Morgan fingerprint density at radius 3 is 2.66 bits per heavy atom.